The van der Waals surface area contributed by atoms with E-state index in [0.717, 1.165) is 30.8 Å². The van der Waals surface area contributed by atoms with E-state index in [4.69, 9.17) is 0 Å². The second-order valence-electron chi connectivity index (χ2n) is 5.76. The Kier molecular flexibility index (Phi) is 4.36. The zero-order chi connectivity index (χ0) is 13.0. The summed E-state index contributed by atoms with van der Waals surface area (Å²) in [6.07, 6.45) is 4.62. The summed E-state index contributed by atoms with van der Waals surface area (Å²) in [6.45, 7) is 5.25. The van der Waals surface area contributed by atoms with Gasteiger partial charge in [-0.25, -0.2) is 0 Å². The largest absolute Gasteiger partial charge is 0.394 e. The van der Waals surface area contributed by atoms with Crippen molar-refractivity contribution >= 4 is 0 Å². The highest BCUT2D eigenvalue weighted by Crippen LogP contribution is 2.32. The third-order valence-electron chi connectivity index (χ3n) is 3.98. The molecule has 0 amide bonds. The topological polar surface area (TPSA) is 45.1 Å². The lowest BCUT2D eigenvalue weighted by Gasteiger charge is -2.39. The molecule has 3 nitrogen and oxygen atoms in total. The first-order valence-electron chi connectivity index (χ1n) is 6.92. The van der Waals surface area contributed by atoms with Crippen molar-refractivity contribution in [3.63, 3.8) is 0 Å². The van der Waals surface area contributed by atoms with E-state index in [1.54, 1.807) is 0 Å². The molecule has 2 rings (SSSR count). The minimum Gasteiger partial charge on any atom is -0.394 e. The minimum absolute atomic E-state index is 0.0942. The highest BCUT2D eigenvalue weighted by Gasteiger charge is 2.33. The molecule has 0 radical (unpaired) electrons. The maximum absolute atomic E-state index is 9.71. The summed E-state index contributed by atoms with van der Waals surface area (Å²) < 4.78 is 0. The van der Waals surface area contributed by atoms with Crippen molar-refractivity contribution < 1.29 is 5.11 Å². The van der Waals surface area contributed by atoms with Gasteiger partial charge in [0.1, 0.15) is 0 Å². The molecule has 1 aromatic rings. The summed E-state index contributed by atoms with van der Waals surface area (Å²) >= 11 is 0. The van der Waals surface area contributed by atoms with Crippen molar-refractivity contribution in [1.29, 1.82) is 0 Å². The third kappa shape index (κ3) is 3.30. The highest BCUT2D eigenvalue weighted by atomic mass is 16.3. The fraction of sp³-hybridized carbons (Fsp3) is 0.667. The number of aryl methyl sites for hydroxylation is 1. The molecule has 1 heterocycles. The van der Waals surface area contributed by atoms with Gasteiger partial charge in [-0.15, -0.1) is 0 Å². The third-order valence-corrected chi connectivity index (χ3v) is 3.98. The van der Waals surface area contributed by atoms with Crippen molar-refractivity contribution in [2.45, 2.75) is 51.6 Å². The van der Waals surface area contributed by atoms with E-state index in [1.165, 1.54) is 12.8 Å². The van der Waals surface area contributed by atoms with Gasteiger partial charge >= 0.3 is 0 Å². The standard InChI is InChI=1S/C15H24N2O/c1-12-5-4-8-15(9-12,11-18)16-10-14-7-3-6-13(2)17-14/h3,6-7,12,16,18H,4-5,8-11H2,1-2H3. The maximum Gasteiger partial charge on any atom is 0.0613 e. The van der Waals surface area contributed by atoms with Gasteiger partial charge in [0, 0.05) is 17.8 Å². The molecule has 1 aliphatic carbocycles. The number of aliphatic hydroxyl groups excluding tert-OH is 1. The van der Waals surface area contributed by atoms with E-state index in [2.05, 4.69) is 17.2 Å². The predicted molar refractivity (Wildman–Crippen MR) is 73.3 cm³/mol. The van der Waals surface area contributed by atoms with Crippen LogP contribution in [0, 0.1) is 12.8 Å². The quantitative estimate of drug-likeness (QED) is 0.860. The normalized spacial score (nSPS) is 28.3. The molecule has 0 aromatic carbocycles. The van der Waals surface area contributed by atoms with Crippen LogP contribution in [-0.2, 0) is 6.54 Å². The summed E-state index contributed by atoms with van der Waals surface area (Å²) in [5.41, 5.74) is 2.01. The molecule has 18 heavy (non-hydrogen) atoms. The Labute approximate surface area is 110 Å². The average molecular weight is 248 g/mol. The monoisotopic (exact) mass is 248 g/mol. The number of hydrogen-bond donors (Lipinski definition) is 2. The molecular formula is C15H24N2O. The zero-order valence-corrected chi connectivity index (χ0v) is 11.4. The Balaban J connectivity index is 1.98. The summed E-state index contributed by atoms with van der Waals surface area (Å²) in [5.74, 6) is 0.698. The molecule has 2 atom stereocenters. The lowest BCUT2D eigenvalue weighted by Crippen LogP contribution is -2.51. The molecular weight excluding hydrogens is 224 g/mol. The van der Waals surface area contributed by atoms with Crippen molar-refractivity contribution in [3.8, 4) is 0 Å². The van der Waals surface area contributed by atoms with Gasteiger partial charge in [-0.2, -0.15) is 0 Å². The number of nitrogens with zero attached hydrogens (tertiary/aromatic N) is 1. The summed E-state index contributed by atoms with van der Waals surface area (Å²) in [7, 11) is 0. The van der Waals surface area contributed by atoms with Gasteiger partial charge < -0.3 is 10.4 Å². The molecule has 100 valence electrons. The first-order valence-corrected chi connectivity index (χ1v) is 6.92. The highest BCUT2D eigenvalue weighted by molar-refractivity contribution is 5.10. The van der Waals surface area contributed by atoms with Gasteiger partial charge in [0.15, 0.2) is 0 Å². The molecule has 3 heteroatoms. The SMILES string of the molecule is Cc1cccc(CNC2(CO)CCCC(C)C2)n1. The van der Waals surface area contributed by atoms with Gasteiger partial charge in [-0.3, -0.25) is 4.98 Å². The van der Waals surface area contributed by atoms with Gasteiger partial charge in [-0.05, 0) is 37.8 Å². The number of nitrogens with one attached hydrogen (secondary N) is 1. The van der Waals surface area contributed by atoms with Gasteiger partial charge in [0.25, 0.3) is 0 Å². The Bertz CT molecular complexity index is 394. The van der Waals surface area contributed by atoms with E-state index >= 15 is 0 Å². The Hall–Kier alpha value is -0.930. The molecule has 1 aliphatic rings. The average Bonchev–Trinajstić information content (AvgIpc) is 2.37. The van der Waals surface area contributed by atoms with Gasteiger partial charge in [0.2, 0.25) is 0 Å². The molecule has 2 unspecified atom stereocenters. The van der Waals surface area contributed by atoms with E-state index in [-0.39, 0.29) is 12.1 Å². The van der Waals surface area contributed by atoms with Crippen LogP contribution in [0.3, 0.4) is 0 Å². The second-order valence-corrected chi connectivity index (χ2v) is 5.76. The lowest BCUT2D eigenvalue weighted by atomic mass is 9.77. The number of rotatable bonds is 4. The Morgan fingerprint density at radius 2 is 2.33 bits per heavy atom. The van der Waals surface area contributed by atoms with Crippen LogP contribution in [-0.4, -0.2) is 22.2 Å². The lowest BCUT2D eigenvalue weighted by molar-refractivity contribution is 0.0979. The van der Waals surface area contributed by atoms with Crippen molar-refractivity contribution in [2.75, 3.05) is 6.61 Å². The van der Waals surface area contributed by atoms with Crippen LogP contribution in [0.4, 0.5) is 0 Å². The number of hydrogen-bond acceptors (Lipinski definition) is 3. The second kappa shape index (κ2) is 5.81. The van der Waals surface area contributed by atoms with E-state index in [0.29, 0.717) is 5.92 Å². The van der Waals surface area contributed by atoms with Crippen LogP contribution in [0.25, 0.3) is 0 Å². The first-order chi connectivity index (χ1) is 8.63. The van der Waals surface area contributed by atoms with Crippen LogP contribution in [0.15, 0.2) is 18.2 Å². The van der Waals surface area contributed by atoms with Crippen molar-refractivity contribution in [2.24, 2.45) is 5.92 Å². The van der Waals surface area contributed by atoms with Crippen LogP contribution in [0.1, 0.15) is 44.0 Å². The minimum atomic E-state index is -0.0942. The summed E-state index contributed by atoms with van der Waals surface area (Å²) in [4.78, 5) is 4.50. The van der Waals surface area contributed by atoms with E-state index in [1.807, 2.05) is 25.1 Å². The molecule has 0 aliphatic heterocycles. The van der Waals surface area contributed by atoms with E-state index in [9.17, 15) is 5.11 Å². The molecule has 1 saturated carbocycles. The summed E-state index contributed by atoms with van der Waals surface area (Å²) in [6, 6.07) is 6.08. The Morgan fingerprint density at radius 3 is 3.00 bits per heavy atom. The van der Waals surface area contributed by atoms with Crippen LogP contribution in [0.2, 0.25) is 0 Å². The van der Waals surface area contributed by atoms with Crippen LogP contribution in [0.5, 0.6) is 0 Å². The number of pyridine rings is 1. The fourth-order valence-electron chi connectivity index (χ4n) is 3.00. The van der Waals surface area contributed by atoms with Crippen molar-refractivity contribution in [1.82, 2.24) is 10.3 Å². The summed E-state index contributed by atoms with van der Waals surface area (Å²) in [5, 5.41) is 13.3. The Morgan fingerprint density at radius 1 is 1.50 bits per heavy atom. The molecule has 1 fully saturated rings. The zero-order valence-electron chi connectivity index (χ0n) is 11.4. The maximum atomic E-state index is 9.71. The molecule has 1 aromatic heterocycles. The number of aliphatic hydroxyl groups is 1. The van der Waals surface area contributed by atoms with Gasteiger partial charge in [0.05, 0.1) is 12.3 Å². The smallest absolute Gasteiger partial charge is 0.0613 e. The van der Waals surface area contributed by atoms with Gasteiger partial charge in [-0.1, -0.05) is 25.8 Å². The molecule has 0 saturated heterocycles. The molecule has 0 spiro atoms. The fourth-order valence-corrected chi connectivity index (χ4v) is 3.00. The van der Waals surface area contributed by atoms with Crippen molar-refractivity contribution in [3.05, 3.63) is 29.6 Å². The number of aromatic nitrogens is 1. The van der Waals surface area contributed by atoms with E-state index < -0.39 is 0 Å². The molecule has 0 bridgehead atoms. The first kappa shape index (κ1) is 13.5. The molecule has 2 N–H and O–H groups in total. The predicted octanol–water partition coefficient (Wildman–Crippen LogP) is 2.42. The van der Waals surface area contributed by atoms with Crippen LogP contribution < -0.4 is 5.32 Å². The van der Waals surface area contributed by atoms with Crippen LogP contribution >= 0.6 is 0 Å².